The number of ether oxygens (including phenoxy) is 3. The fourth-order valence-corrected chi connectivity index (χ4v) is 4.05. The normalized spacial score (nSPS) is 14.0. The number of likely N-dealkylation sites (tertiary alicyclic amines) is 1. The number of nitrogen functional groups attached to an aromatic ring is 1. The number of carbonyl (C=O) groups excluding carboxylic acids is 1. The van der Waals surface area contributed by atoms with Gasteiger partial charge in [-0.15, -0.1) is 0 Å². The molecule has 2 N–H and O–H groups in total. The third-order valence-electron chi connectivity index (χ3n) is 5.94. The summed E-state index contributed by atoms with van der Waals surface area (Å²) in [6, 6.07) is 9.35. The highest BCUT2D eigenvalue weighted by Gasteiger charge is 2.27. The van der Waals surface area contributed by atoms with Crippen LogP contribution in [-0.2, 0) is 6.61 Å². The zero-order chi connectivity index (χ0) is 24.1. The van der Waals surface area contributed by atoms with Crippen LogP contribution in [0.25, 0.3) is 0 Å². The zero-order valence-electron chi connectivity index (χ0n) is 19.2. The van der Waals surface area contributed by atoms with Gasteiger partial charge in [0.1, 0.15) is 29.7 Å². The highest BCUT2D eigenvalue weighted by Crippen LogP contribution is 2.35. The smallest absolute Gasteiger partial charge is 0.272 e. The van der Waals surface area contributed by atoms with Crippen molar-refractivity contribution in [2.45, 2.75) is 25.4 Å². The average molecular weight is 467 g/mol. The Bertz CT molecular complexity index is 1150. The maximum absolute atomic E-state index is 13.1. The van der Waals surface area contributed by atoms with Gasteiger partial charge in [0.05, 0.1) is 20.4 Å². The predicted octanol–water partition coefficient (Wildman–Crippen LogP) is 3.81. The van der Waals surface area contributed by atoms with E-state index in [1.807, 2.05) is 0 Å². The zero-order valence-corrected chi connectivity index (χ0v) is 19.2. The van der Waals surface area contributed by atoms with Gasteiger partial charge in [0, 0.05) is 37.0 Å². The van der Waals surface area contributed by atoms with Gasteiger partial charge in [-0.2, -0.15) is 0 Å². The number of piperidine rings is 1. The van der Waals surface area contributed by atoms with Crippen LogP contribution in [0.1, 0.15) is 40.4 Å². The molecule has 0 saturated carbocycles. The largest absolute Gasteiger partial charge is 0.496 e. The van der Waals surface area contributed by atoms with Crippen LogP contribution in [0.15, 0.2) is 48.8 Å². The van der Waals surface area contributed by atoms with E-state index in [-0.39, 0.29) is 29.9 Å². The number of pyridine rings is 2. The summed E-state index contributed by atoms with van der Waals surface area (Å²) in [4.78, 5) is 23.4. The molecule has 1 saturated heterocycles. The van der Waals surface area contributed by atoms with Crippen LogP contribution in [-0.4, -0.2) is 48.1 Å². The number of hydrogen-bond acceptors (Lipinski definition) is 7. The molecule has 0 bridgehead atoms. The van der Waals surface area contributed by atoms with E-state index >= 15 is 0 Å². The Morgan fingerprint density at radius 3 is 2.41 bits per heavy atom. The Morgan fingerprint density at radius 1 is 1.03 bits per heavy atom. The fraction of sp³-hybridized carbons (Fsp3) is 0.320. The van der Waals surface area contributed by atoms with E-state index in [0.717, 1.165) is 29.7 Å². The van der Waals surface area contributed by atoms with Crippen molar-refractivity contribution >= 4 is 11.7 Å². The van der Waals surface area contributed by atoms with E-state index < -0.39 is 0 Å². The van der Waals surface area contributed by atoms with Crippen LogP contribution in [0.4, 0.5) is 10.2 Å². The maximum Gasteiger partial charge on any atom is 0.272 e. The molecule has 1 aromatic carbocycles. The van der Waals surface area contributed by atoms with Gasteiger partial charge in [0.25, 0.3) is 5.91 Å². The highest BCUT2D eigenvalue weighted by atomic mass is 19.1. The molecule has 178 valence electrons. The SMILES string of the molecule is COc1cc(C(=O)N2CCC(c3cnc(N)cc3OC)CC2)ncc1OCc1ccc(F)cc1. The first-order valence-electron chi connectivity index (χ1n) is 11.0. The molecule has 8 nitrogen and oxygen atoms in total. The molecule has 3 heterocycles. The number of nitrogens with zero attached hydrogens (tertiary/aromatic N) is 3. The molecule has 34 heavy (non-hydrogen) atoms. The topological polar surface area (TPSA) is 99.8 Å². The van der Waals surface area contributed by atoms with Gasteiger partial charge in [-0.3, -0.25) is 4.79 Å². The van der Waals surface area contributed by atoms with Crippen LogP contribution in [0.5, 0.6) is 17.2 Å². The molecule has 1 aliphatic rings. The van der Waals surface area contributed by atoms with Gasteiger partial charge in [0.2, 0.25) is 0 Å². The number of benzene rings is 1. The van der Waals surface area contributed by atoms with Crippen molar-refractivity contribution < 1.29 is 23.4 Å². The van der Waals surface area contributed by atoms with Crippen LogP contribution in [0.3, 0.4) is 0 Å². The van der Waals surface area contributed by atoms with Crippen molar-refractivity contribution in [2.24, 2.45) is 0 Å². The van der Waals surface area contributed by atoms with Crippen molar-refractivity contribution in [1.82, 2.24) is 14.9 Å². The lowest BCUT2D eigenvalue weighted by atomic mass is 9.89. The standard InChI is InChI=1S/C25H27FN4O4/c1-32-21-12-24(27)29-13-19(21)17-7-9-30(10-8-17)25(31)20-11-22(33-2)23(14-28-20)34-15-16-3-5-18(26)6-4-16/h3-6,11-14,17H,7-10,15H2,1-2H3,(H2,27,29). The molecular formula is C25H27FN4O4. The number of aromatic nitrogens is 2. The molecule has 1 fully saturated rings. The van der Waals surface area contributed by atoms with Crippen LogP contribution in [0, 0.1) is 5.82 Å². The lowest BCUT2D eigenvalue weighted by Crippen LogP contribution is -2.38. The molecular weight excluding hydrogens is 439 g/mol. The number of amides is 1. The molecule has 0 aliphatic carbocycles. The first kappa shape index (κ1) is 23.3. The van der Waals surface area contributed by atoms with Gasteiger partial charge >= 0.3 is 0 Å². The van der Waals surface area contributed by atoms with Crippen molar-refractivity contribution in [2.75, 3.05) is 33.0 Å². The van der Waals surface area contributed by atoms with Crippen molar-refractivity contribution in [3.05, 3.63) is 71.4 Å². The lowest BCUT2D eigenvalue weighted by molar-refractivity contribution is 0.0706. The van der Waals surface area contributed by atoms with Crippen LogP contribution in [0.2, 0.25) is 0 Å². The second-order valence-corrected chi connectivity index (χ2v) is 8.05. The fourth-order valence-electron chi connectivity index (χ4n) is 4.05. The number of methoxy groups -OCH3 is 2. The summed E-state index contributed by atoms with van der Waals surface area (Å²) in [5.41, 5.74) is 7.86. The van der Waals surface area contributed by atoms with Gasteiger partial charge in [0.15, 0.2) is 11.5 Å². The summed E-state index contributed by atoms with van der Waals surface area (Å²) < 4.78 is 29.7. The van der Waals surface area contributed by atoms with E-state index in [4.69, 9.17) is 19.9 Å². The van der Waals surface area contributed by atoms with E-state index in [0.29, 0.717) is 30.4 Å². The molecule has 9 heteroatoms. The quantitative estimate of drug-likeness (QED) is 0.565. The third kappa shape index (κ3) is 5.19. The summed E-state index contributed by atoms with van der Waals surface area (Å²) in [5.74, 6) is 1.72. The van der Waals surface area contributed by atoms with Crippen LogP contribution >= 0.6 is 0 Å². The molecule has 0 unspecified atom stereocenters. The van der Waals surface area contributed by atoms with E-state index in [1.54, 1.807) is 42.5 Å². The number of rotatable bonds is 7. The Hall–Kier alpha value is -3.88. The number of nitrogens with two attached hydrogens (primary N) is 1. The number of anilines is 1. The summed E-state index contributed by atoms with van der Waals surface area (Å²) >= 11 is 0. The molecule has 0 radical (unpaired) electrons. The molecule has 2 aromatic heterocycles. The minimum Gasteiger partial charge on any atom is -0.496 e. The minimum atomic E-state index is -0.306. The Balaban J connectivity index is 1.40. The molecule has 0 spiro atoms. The first-order valence-corrected chi connectivity index (χ1v) is 11.0. The average Bonchev–Trinajstić information content (AvgIpc) is 2.88. The third-order valence-corrected chi connectivity index (χ3v) is 5.94. The Labute approximate surface area is 197 Å². The van der Waals surface area contributed by atoms with E-state index in [9.17, 15) is 9.18 Å². The highest BCUT2D eigenvalue weighted by molar-refractivity contribution is 5.93. The van der Waals surface area contributed by atoms with E-state index in [1.165, 1.54) is 25.4 Å². The Morgan fingerprint density at radius 2 is 1.74 bits per heavy atom. The summed E-state index contributed by atoms with van der Waals surface area (Å²) in [6.45, 7) is 1.40. The van der Waals surface area contributed by atoms with Crippen LogP contribution < -0.4 is 19.9 Å². The molecule has 4 rings (SSSR count). The van der Waals surface area contributed by atoms with Crippen molar-refractivity contribution in [3.8, 4) is 17.2 Å². The predicted molar refractivity (Wildman–Crippen MR) is 125 cm³/mol. The maximum atomic E-state index is 13.1. The monoisotopic (exact) mass is 466 g/mol. The van der Waals surface area contributed by atoms with E-state index in [2.05, 4.69) is 9.97 Å². The van der Waals surface area contributed by atoms with Crippen molar-refractivity contribution in [3.63, 3.8) is 0 Å². The number of carbonyl (C=O) groups is 1. The summed E-state index contributed by atoms with van der Waals surface area (Å²) in [6.07, 6.45) is 4.80. The van der Waals surface area contributed by atoms with Gasteiger partial charge in [-0.05, 0) is 36.5 Å². The summed E-state index contributed by atoms with van der Waals surface area (Å²) in [7, 11) is 3.12. The summed E-state index contributed by atoms with van der Waals surface area (Å²) in [5, 5.41) is 0. The second kappa shape index (κ2) is 10.4. The van der Waals surface area contributed by atoms with Gasteiger partial charge in [-0.25, -0.2) is 14.4 Å². The molecule has 0 atom stereocenters. The van der Waals surface area contributed by atoms with Gasteiger partial charge < -0.3 is 24.8 Å². The molecule has 1 amide bonds. The van der Waals surface area contributed by atoms with Gasteiger partial charge in [-0.1, -0.05) is 12.1 Å². The second-order valence-electron chi connectivity index (χ2n) is 8.05. The Kier molecular flexibility index (Phi) is 7.10. The number of hydrogen-bond donors (Lipinski definition) is 1. The molecule has 1 aliphatic heterocycles. The molecule has 3 aromatic rings. The first-order chi connectivity index (χ1) is 16.5. The lowest BCUT2D eigenvalue weighted by Gasteiger charge is -2.32. The minimum absolute atomic E-state index is 0.163. The van der Waals surface area contributed by atoms with Crippen molar-refractivity contribution in [1.29, 1.82) is 0 Å². The number of halogens is 1.